The molecule has 0 aromatic carbocycles. The van der Waals surface area contributed by atoms with E-state index in [9.17, 15) is 18.0 Å². The summed E-state index contributed by atoms with van der Waals surface area (Å²) in [5, 5.41) is 3.17. The Labute approximate surface area is 120 Å². The predicted octanol–water partition coefficient (Wildman–Crippen LogP) is 1.39. The molecule has 1 amide bonds. The third-order valence-corrected chi connectivity index (χ3v) is 3.58. The topological polar surface area (TPSA) is 71.2 Å². The smallest absolute Gasteiger partial charge is 0.365 e. The summed E-state index contributed by atoms with van der Waals surface area (Å²) in [5.74, 6) is -0.812. The molecule has 0 spiro atoms. The number of aromatic nitrogens is 1. The number of rotatable bonds is 3. The Morgan fingerprint density at radius 2 is 2.19 bits per heavy atom. The molecule has 0 aliphatic carbocycles. The van der Waals surface area contributed by atoms with Gasteiger partial charge in [-0.1, -0.05) is 0 Å². The highest BCUT2D eigenvalue weighted by Crippen LogP contribution is 2.31. The van der Waals surface area contributed by atoms with E-state index in [1.807, 2.05) is 0 Å². The molecule has 21 heavy (non-hydrogen) atoms. The van der Waals surface area contributed by atoms with Crippen LogP contribution in [0.5, 0.6) is 0 Å². The molecule has 1 saturated heterocycles. The van der Waals surface area contributed by atoms with E-state index < -0.39 is 17.8 Å². The van der Waals surface area contributed by atoms with Crippen molar-refractivity contribution in [3.63, 3.8) is 0 Å². The average molecular weight is 302 g/mol. The number of pyridine rings is 1. The van der Waals surface area contributed by atoms with E-state index in [0.717, 1.165) is 31.5 Å². The van der Waals surface area contributed by atoms with E-state index in [0.29, 0.717) is 6.54 Å². The minimum atomic E-state index is -4.56. The zero-order valence-electron chi connectivity index (χ0n) is 11.6. The number of alkyl halides is 3. The predicted molar refractivity (Wildman–Crippen MR) is 72.1 cm³/mol. The molecule has 1 aromatic heterocycles. The van der Waals surface area contributed by atoms with Gasteiger partial charge in [0.05, 0.1) is 5.56 Å². The van der Waals surface area contributed by atoms with Gasteiger partial charge in [-0.15, -0.1) is 0 Å². The van der Waals surface area contributed by atoms with Crippen LogP contribution in [0.4, 0.5) is 19.0 Å². The minimum Gasteiger partial charge on any atom is -0.365 e. The second-order valence-corrected chi connectivity index (χ2v) is 5.04. The van der Waals surface area contributed by atoms with E-state index in [1.165, 1.54) is 0 Å². The molecule has 1 aliphatic heterocycles. The SMILES string of the molecule is CN(c1nc(C(F)(F)F)ccc1C(N)=O)C1CCCNC1. The summed E-state index contributed by atoms with van der Waals surface area (Å²) in [6, 6.07) is 1.84. The van der Waals surface area contributed by atoms with Gasteiger partial charge in [-0.05, 0) is 31.5 Å². The summed E-state index contributed by atoms with van der Waals surface area (Å²) < 4.78 is 38.4. The fraction of sp³-hybridized carbons (Fsp3) is 0.538. The number of carbonyl (C=O) groups excluding carboxylic acids is 1. The fourth-order valence-corrected chi connectivity index (χ4v) is 2.40. The van der Waals surface area contributed by atoms with Crippen molar-refractivity contribution in [3.05, 3.63) is 23.4 Å². The molecular formula is C13H17F3N4O. The van der Waals surface area contributed by atoms with Crippen LogP contribution in [-0.2, 0) is 6.18 Å². The second kappa shape index (κ2) is 5.88. The number of nitrogens with two attached hydrogens (primary N) is 1. The Kier molecular flexibility index (Phi) is 4.36. The maximum atomic E-state index is 12.8. The van der Waals surface area contributed by atoms with Crippen molar-refractivity contribution in [3.8, 4) is 0 Å². The molecule has 0 saturated carbocycles. The molecule has 0 bridgehead atoms. The minimum absolute atomic E-state index is 0.00364. The highest BCUT2D eigenvalue weighted by atomic mass is 19.4. The molecule has 1 aliphatic rings. The normalized spacial score (nSPS) is 19.3. The van der Waals surface area contributed by atoms with E-state index in [-0.39, 0.29) is 17.4 Å². The number of amides is 1. The van der Waals surface area contributed by atoms with Gasteiger partial charge in [0, 0.05) is 19.6 Å². The van der Waals surface area contributed by atoms with E-state index >= 15 is 0 Å². The van der Waals surface area contributed by atoms with Gasteiger partial charge in [0.25, 0.3) is 5.91 Å². The Hall–Kier alpha value is -1.83. The number of halogens is 3. The number of anilines is 1. The van der Waals surface area contributed by atoms with Crippen molar-refractivity contribution in [2.24, 2.45) is 5.73 Å². The van der Waals surface area contributed by atoms with Gasteiger partial charge in [0.2, 0.25) is 0 Å². The summed E-state index contributed by atoms with van der Waals surface area (Å²) in [5.41, 5.74) is 4.21. The maximum absolute atomic E-state index is 12.8. The molecule has 3 N–H and O–H groups in total. The quantitative estimate of drug-likeness (QED) is 0.885. The van der Waals surface area contributed by atoms with Crippen LogP contribution in [0.3, 0.4) is 0 Å². The molecule has 1 aromatic rings. The summed E-state index contributed by atoms with van der Waals surface area (Å²) >= 11 is 0. The lowest BCUT2D eigenvalue weighted by atomic mass is 10.1. The van der Waals surface area contributed by atoms with Crippen LogP contribution in [0.25, 0.3) is 0 Å². The van der Waals surface area contributed by atoms with Gasteiger partial charge in [-0.2, -0.15) is 13.2 Å². The molecule has 5 nitrogen and oxygen atoms in total. The van der Waals surface area contributed by atoms with Crippen molar-refractivity contribution >= 4 is 11.7 Å². The third kappa shape index (κ3) is 3.44. The zero-order valence-corrected chi connectivity index (χ0v) is 11.6. The lowest BCUT2D eigenvalue weighted by Gasteiger charge is -2.33. The fourth-order valence-electron chi connectivity index (χ4n) is 2.40. The monoisotopic (exact) mass is 302 g/mol. The summed E-state index contributed by atoms with van der Waals surface area (Å²) in [4.78, 5) is 16.6. The number of hydrogen-bond donors (Lipinski definition) is 2. The molecule has 1 unspecified atom stereocenters. The lowest BCUT2D eigenvalue weighted by molar-refractivity contribution is -0.141. The summed E-state index contributed by atoms with van der Waals surface area (Å²) in [7, 11) is 1.63. The Bertz CT molecular complexity index is 527. The van der Waals surface area contributed by atoms with Crippen molar-refractivity contribution in [1.29, 1.82) is 0 Å². The van der Waals surface area contributed by atoms with Crippen LogP contribution in [0.2, 0.25) is 0 Å². The third-order valence-electron chi connectivity index (χ3n) is 3.58. The number of primary amides is 1. The van der Waals surface area contributed by atoms with Crippen LogP contribution in [0.1, 0.15) is 28.9 Å². The first-order chi connectivity index (χ1) is 9.80. The first-order valence-corrected chi connectivity index (χ1v) is 6.62. The van der Waals surface area contributed by atoms with Crippen LogP contribution >= 0.6 is 0 Å². The van der Waals surface area contributed by atoms with Crippen LogP contribution in [0.15, 0.2) is 12.1 Å². The summed E-state index contributed by atoms with van der Waals surface area (Å²) in [6.45, 7) is 1.51. The number of nitrogens with zero attached hydrogens (tertiary/aromatic N) is 2. The maximum Gasteiger partial charge on any atom is 0.433 e. The van der Waals surface area contributed by atoms with Crippen molar-refractivity contribution < 1.29 is 18.0 Å². The number of nitrogens with one attached hydrogen (secondary N) is 1. The number of piperidine rings is 1. The van der Waals surface area contributed by atoms with Crippen LogP contribution in [0, 0.1) is 0 Å². The largest absolute Gasteiger partial charge is 0.433 e. The van der Waals surface area contributed by atoms with Crippen LogP contribution in [-0.4, -0.2) is 37.1 Å². The van der Waals surface area contributed by atoms with Gasteiger partial charge in [0.15, 0.2) is 0 Å². The van der Waals surface area contributed by atoms with E-state index in [1.54, 1.807) is 11.9 Å². The number of likely N-dealkylation sites (N-methyl/N-ethyl adjacent to an activating group) is 1. The highest BCUT2D eigenvalue weighted by Gasteiger charge is 2.34. The second-order valence-electron chi connectivity index (χ2n) is 5.04. The van der Waals surface area contributed by atoms with Crippen molar-refractivity contribution in [2.75, 3.05) is 25.0 Å². The van der Waals surface area contributed by atoms with Gasteiger partial charge in [0.1, 0.15) is 11.5 Å². The number of hydrogen-bond acceptors (Lipinski definition) is 4. The molecule has 1 fully saturated rings. The molecule has 116 valence electrons. The van der Waals surface area contributed by atoms with Crippen molar-refractivity contribution in [1.82, 2.24) is 10.3 Å². The van der Waals surface area contributed by atoms with Gasteiger partial charge < -0.3 is 16.0 Å². The van der Waals surface area contributed by atoms with Gasteiger partial charge in [-0.25, -0.2) is 4.98 Å². The van der Waals surface area contributed by atoms with Crippen molar-refractivity contribution in [2.45, 2.75) is 25.1 Å². The molecule has 0 radical (unpaired) electrons. The average Bonchev–Trinajstić information content (AvgIpc) is 2.45. The molecule has 8 heteroatoms. The molecular weight excluding hydrogens is 285 g/mol. The summed E-state index contributed by atoms with van der Waals surface area (Å²) in [6.07, 6.45) is -2.82. The van der Waals surface area contributed by atoms with E-state index in [4.69, 9.17) is 5.73 Å². The van der Waals surface area contributed by atoms with Crippen LogP contribution < -0.4 is 16.0 Å². The molecule has 1 atom stereocenters. The first kappa shape index (κ1) is 15.6. The number of carbonyl (C=O) groups is 1. The van der Waals surface area contributed by atoms with E-state index in [2.05, 4.69) is 10.3 Å². The Morgan fingerprint density at radius 1 is 1.48 bits per heavy atom. The van der Waals surface area contributed by atoms with Gasteiger partial charge in [-0.3, -0.25) is 4.79 Å². The molecule has 2 rings (SSSR count). The Balaban J connectivity index is 2.40. The van der Waals surface area contributed by atoms with Gasteiger partial charge >= 0.3 is 6.18 Å². The Morgan fingerprint density at radius 3 is 2.71 bits per heavy atom. The first-order valence-electron chi connectivity index (χ1n) is 6.62. The zero-order chi connectivity index (χ0) is 15.6. The standard InChI is InChI=1S/C13H17F3N4O/c1-20(8-3-2-6-18-7-8)12-9(11(17)21)4-5-10(19-12)13(14,15)16/h4-5,8,18H,2-3,6-7H2,1H3,(H2,17,21). The molecule has 2 heterocycles. The highest BCUT2D eigenvalue weighted by molar-refractivity contribution is 5.97. The lowest BCUT2D eigenvalue weighted by Crippen LogP contribution is -2.45.